The predicted octanol–water partition coefficient (Wildman–Crippen LogP) is 2.35. The second-order valence-electron chi connectivity index (χ2n) is 2.44. The molecule has 1 aromatic heterocycles. The number of hydrogen-bond donors (Lipinski definition) is 2. The summed E-state index contributed by atoms with van der Waals surface area (Å²) >= 11 is 2.28. The van der Waals surface area contributed by atoms with E-state index in [2.05, 4.69) is 33.6 Å². The van der Waals surface area contributed by atoms with Gasteiger partial charge in [0.2, 0.25) is 0 Å². The number of aromatic nitrogens is 1. The van der Waals surface area contributed by atoms with Crippen LogP contribution in [0.5, 0.6) is 0 Å². The summed E-state index contributed by atoms with van der Waals surface area (Å²) in [6.45, 7) is 0. The highest BCUT2D eigenvalue weighted by Gasteiger charge is 1.99. The monoisotopic (exact) mass is 258 g/mol. The molecule has 0 bridgehead atoms. The normalized spacial score (nSPS) is 10.6. The molecule has 0 fully saturated rings. The SMILES string of the molecule is Nc1cc(I)c2cc[nH]c2c1. The first-order valence-electron chi connectivity index (χ1n) is 3.29. The molecule has 0 amide bonds. The second kappa shape index (κ2) is 2.41. The van der Waals surface area contributed by atoms with Gasteiger partial charge in [0.1, 0.15) is 0 Å². The van der Waals surface area contributed by atoms with E-state index in [1.165, 1.54) is 8.96 Å². The Balaban J connectivity index is 2.91. The molecule has 2 rings (SSSR count). The number of nitrogens with one attached hydrogen (secondary N) is 1. The van der Waals surface area contributed by atoms with E-state index in [0.29, 0.717) is 0 Å². The Morgan fingerprint density at radius 3 is 3.00 bits per heavy atom. The lowest BCUT2D eigenvalue weighted by Crippen LogP contribution is -1.85. The van der Waals surface area contributed by atoms with Crippen molar-refractivity contribution in [2.75, 3.05) is 5.73 Å². The van der Waals surface area contributed by atoms with E-state index in [1.807, 2.05) is 18.3 Å². The highest BCUT2D eigenvalue weighted by atomic mass is 127. The van der Waals surface area contributed by atoms with Gasteiger partial charge in [0.05, 0.1) is 0 Å². The van der Waals surface area contributed by atoms with Crippen LogP contribution < -0.4 is 5.73 Å². The lowest BCUT2D eigenvalue weighted by molar-refractivity contribution is 1.48. The third-order valence-corrected chi connectivity index (χ3v) is 2.53. The van der Waals surface area contributed by atoms with Gasteiger partial charge in [0.15, 0.2) is 0 Å². The van der Waals surface area contributed by atoms with Crippen molar-refractivity contribution in [3.05, 3.63) is 28.0 Å². The van der Waals surface area contributed by atoms with Gasteiger partial charge in [0, 0.05) is 26.4 Å². The Morgan fingerprint density at radius 2 is 2.18 bits per heavy atom. The summed E-state index contributed by atoms with van der Waals surface area (Å²) in [7, 11) is 0. The van der Waals surface area contributed by atoms with Crippen LogP contribution in [0.15, 0.2) is 24.4 Å². The zero-order valence-electron chi connectivity index (χ0n) is 5.76. The second-order valence-corrected chi connectivity index (χ2v) is 3.60. The number of hydrogen-bond acceptors (Lipinski definition) is 1. The fourth-order valence-electron chi connectivity index (χ4n) is 1.14. The molecule has 0 saturated heterocycles. The van der Waals surface area contributed by atoms with Crippen LogP contribution in [0.2, 0.25) is 0 Å². The summed E-state index contributed by atoms with van der Waals surface area (Å²) in [5, 5.41) is 1.24. The highest BCUT2D eigenvalue weighted by molar-refractivity contribution is 14.1. The van der Waals surface area contributed by atoms with Crippen LogP contribution in [0, 0.1) is 3.57 Å². The van der Waals surface area contributed by atoms with Crippen LogP contribution in [0.4, 0.5) is 5.69 Å². The average molecular weight is 258 g/mol. The van der Waals surface area contributed by atoms with E-state index in [0.717, 1.165) is 11.2 Å². The first kappa shape index (κ1) is 6.97. The molecule has 3 heteroatoms. The van der Waals surface area contributed by atoms with E-state index >= 15 is 0 Å². The van der Waals surface area contributed by atoms with Crippen molar-refractivity contribution in [3.63, 3.8) is 0 Å². The van der Waals surface area contributed by atoms with Gasteiger partial charge in [-0.25, -0.2) is 0 Å². The zero-order valence-corrected chi connectivity index (χ0v) is 7.92. The quantitative estimate of drug-likeness (QED) is 0.552. The Bertz CT molecular complexity index is 392. The van der Waals surface area contributed by atoms with Gasteiger partial charge in [-0.3, -0.25) is 0 Å². The van der Waals surface area contributed by atoms with Gasteiger partial charge in [0.25, 0.3) is 0 Å². The predicted molar refractivity (Wildman–Crippen MR) is 55.4 cm³/mol. The number of H-pyrrole nitrogens is 1. The molecule has 0 aliphatic heterocycles. The van der Waals surface area contributed by atoms with Gasteiger partial charge >= 0.3 is 0 Å². The summed E-state index contributed by atoms with van der Waals surface area (Å²) in [5.41, 5.74) is 7.57. The summed E-state index contributed by atoms with van der Waals surface area (Å²) < 4.78 is 1.19. The van der Waals surface area contributed by atoms with Crippen LogP contribution in [0.25, 0.3) is 10.9 Å². The molecule has 56 valence electrons. The fraction of sp³-hybridized carbons (Fsp3) is 0. The molecule has 0 aliphatic rings. The number of nitrogens with two attached hydrogens (primary N) is 1. The number of anilines is 1. The zero-order chi connectivity index (χ0) is 7.84. The molecule has 0 saturated carbocycles. The minimum Gasteiger partial charge on any atom is -0.399 e. The van der Waals surface area contributed by atoms with Gasteiger partial charge in [-0.05, 0) is 40.8 Å². The molecule has 2 nitrogen and oxygen atoms in total. The van der Waals surface area contributed by atoms with E-state index in [1.54, 1.807) is 0 Å². The Kier molecular flexibility index (Phi) is 1.52. The van der Waals surface area contributed by atoms with Crippen LogP contribution in [-0.4, -0.2) is 4.98 Å². The molecular weight excluding hydrogens is 251 g/mol. The maximum Gasteiger partial charge on any atom is 0.0485 e. The smallest absolute Gasteiger partial charge is 0.0485 e. The van der Waals surface area contributed by atoms with Crippen molar-refractivity contribution in [2.45, 2.75) is 0 Å². The highest BCUT2D eigenvalue weighted by Crippen LogP contribution is 2.22. The molecule has 0 atom stereocenters. The summed E-state index contributed by atoms with van der Waals surface area (Å²) in [6, 6.07) is 5.96. The molecular formula is C8H7IN2. The van der Waals surface area contributed by atoms with E-state index < -0.39 is 0 Å². The fourth-order valence-corrected chi connectivity index (χ4v) is 1.97. The van der Waals surface area contributed by atoms with E-state index in [-0.39, 0.29) is 0 Å². The lowest BCUT2D eigenvalue weighted by atomic mass is 10.2. The third-order valence-electron chi connectivity index (χ3n) is 1.64. The van der Waals surface area contributed by atoms with Gasteiger partial charge in [-0.15, -0.1) is 0 Å². The molecule has 0 spiro atoms. The Morgan fingerprint density at radius 1 is 1.36 bits per heavy atom. The summed E-state index contributed by atoms with van der Waals surface area (Å²) in [6.07, 6.45) is 1.92. The first-order valence-corrected chi connectivity index (χ1v) is 4.37. The largest absolute Gasteiger partial charge is 0.399 e. The summed E-state index contributed by atoms with van der Waals surface area (Å²) in [4.78, 5) is 3.12. The van der Waals surface area contributed by atoms with Gasteiger partial charge in [-0.2, -0.15) is 0 Å². The van der Waals surface area contributed by atoms with Crippen LogP contribution >= 0.6 is 22.6 Å². The van der Waals surface area contributed by atoms with Crippen molar-refractivity contribution in [1.29, 1.82) is 0 Å². The molecule has 2 aromatic rings. The van der Waals surface area contributed by atoms with E-state index in [4.69, 9.17) is 5.73 Å². The van der Waals surface area contributed by atoms with Crippen molar-refractivity contribution >= 4 is 39.2 Å². The Labute approximate surface area is 77.9 Å². The molecule has 11 heavy (non-hydrogen) atoms. The maximum atomic E-state index is 5.66. The minimum atomic E-state index is 0.810. The standard InChI is InChI=1S/C8H7IN2/c9-7-3-5(10)4-8-6(7)1-2-11-8/h1-4,11H,10H2. The van der Waals surface area contributed by atoms with Crippen LogP contribution in [0.3, 0.4) is 0 Å². The van der Waals surface area contributed by atoms with Crippen molar-refractivity contribution in [1.82, 2.24) is 4.98 Å². The van der Waals surface area contributed by atoms with Gasteiger partial charge < -0.3 is 10.7 Å². The minimum absolute atomic E-state index is 0.810. The maximum absolute atomic E-state index is 5.66. The van der Waals surface area contributed by atoms with Crippen molar-refractivity contribution in [2.24, 2.45) is 0 Å². The van der Waals surface area contributed by atoms with E-state index in [9.17, 15) is 0 Å². The summed E-state index contributed by atoms with van der Waals surface area (Å²) in [5.74, 6) is 0. The number of nitrogen functional groups attached to an aromatic ring is 1. The topological polar surface area (TPSA) is 41.8 Å². The third kappa shape index (κ3) is 1.09. The number of halogens is 1. The molecule has 0 unspecified atom stereocenters. The first-order chi connectivity index (χ1) is 5.27. The molecule has 0 radical (unpaired) electrons. The molecule has 1 aromatic carbocycles. The molecule has 3 N–H and O–H groups in total. The number of aromatic amines is 1. The average Bonchev–Trinajstić information content (AvgIpc) is 2.34. The van der Waals surface area contributed by atoms with Crippen LogP contribution in [-0.2, 0) is 0 Å². The number of benzene rings is 1. The van der Waals surface area contributed by atoms with Crippen LogP contribution in [0.1, 0.15) is 0 Å². The van der Waals surface area contributed by atoms with Crippen molar-refractivity contribution in [3.8, 4) is 0 Å². The molecule has 1 heterocycles. The van der Waals surface area contributed by atoms with Crippen molar-refractivity contribution < 1.29 is 0 Å². The molecule has 0 aliphatic carbocycles. The number of fused-ring (bicyclic) bond motifs is 1. The number of rotatable bonds is 0. The lowest BCUT2D eigenvalue weighted by Gasteiger charge is -1.96. The Hall–Kier alpha value is -0.710. The van der Waals surface area contributed by atoms with Gasteiger partial charge in [-0.1, -0.05) is 0 Å².